The molecule has 0 saturated carbocycles. The molecule has 0 aliphatic carbocycles. The highest BCUT2D eigenvalue weighted by atomic mass is 15.3. The molecular weight excluding hydrogens is 136 g/mol. The van der Waals surface area contributed by atoms with Gasteiger partial charge in [-0.25, -0.2) is 0 Å². The van der Waals surface area contributed by atoms with Crippen LogP contribution in [-0.2, 0) is 0 Å². The summed E-state index contributed by atoms with van der Waals surface area (Å²) in [6, 6.07) is 0.764. The van der Waals surface area contributed by atoms with Gasteiger partial charge in [-0.05, 0) is 20.3 Å². The number of likely N-dealkylation sites (N-methyl/N-ethyl adjacent to an activating group) is 2. The normalized spacial score (nSPS) is 24.1. The summed E-state index contributed by atoms with van der Waals surface area (Å²) in [5.41, 5.74) is 0. The molecule has 0 bridgehead atoms. The molecule has 0 aromatic carbocycles. The minimum Gasteiger partial charge on any atom is -0.264 e. The first-order chi connectivity index (χ1) is 5.31. The quantitative estimate of drug-likeness (QED) is 0.554. The van der Waals surface area contributed by atoms with E-state index in [1.165, 1.54) is 13.0 Å². The van der Waals surface area contributed by atoms with Crippen molar-refractivity contribution in [2.24, 2.45) is 0 Å². The fourth-order valence-electron chi connectivity index (χ4n) is 1.64. The van der Waals surface area contributed by atoms with Gasteiger partial charge in [-0.3, -0.25) is 9.48 Å². The van der Waals surface area contributed by atoms with Crippen molar-refractivity contribution in [2.75, 3.05) is 19.6 Å². The summed E-state index contributed by atoms with van der Waals surface area (Å²) < 4.78 is 2.39. The number of rotatable bonds is 3. The molecular formula is C9H19N2+. The fraction of sp³-hybridized carbons (Fsp3) is 0.889. The second-order valence-electron chi connectivity index (χ2n) is 3.10. The van der Waals surface area contributed by atoms with E-state index in [-0.39, 0.29) is 0 Å². The van der Waals surface area contributed by atoms with Crippen LogP contribution in [0.4, 0.5) is 0 Å². The van der Waals surface area contributed by atoms with Crippen molar-refractivity contribution in [1.29, 1.82) is 0 Å². The smallest absolute Gasteiger partial charge is 0.234 e. The lowest BCUT2D eigenvalue weighted by Gasteiger charge is -2.12. The molecule has 0 fully saturated rings. The van der Waals surface area contributed by atoms with Crippen molar-refractivity contribution in [3.05, 3.63) is 0 Å². The standard InChI is InChI=1S/C9H19N2/c1-4-9-7-10(5-2)8-11(9)6-3/h8-9H,4-7H2,1-3H3/q+1. The average molecular weight is 155 g/mol. The topological polar surface area (TPSA) is 6.25 Å². The van der Waals surface area contributed by atoms with Crippen LogP contribution in [0, 0.1) is 0 Å². The van der Waals surface area contributed by atoms with E-state index in [4.69, 9.17) is 0 Å². The van der Waals surface area contributed by atoms with Crippen LogP contribution in [0.1, 0.15) is 27.2 Å². The van der Waals surface area contributed by atoms with Crippen LogP contribution in [0.25, 0.3) is 0 Å². The molecule has 0 aromatic heterocycles. The van der Waals surface area contributed by atoms with E-state index >= 15 is 0 Å². The molecule has 11 heavy (non-hydrogen) atoms. The average Bonchev–Trinajstić information content (AvgIpc) is 2.46. The molecule has 0 spiro atoms. The van der Waals surface area contributed by atoms with Crippen LogP contribution in [0.2, 0.25) is 0 Å². The van der Waals surface area contributed by atoms with Gasteiger partial charge in [0.05, 0.1) is 13.1 Å². The van der Waals surface area contributed by atoms with E-state index in [0.717, 1.165) is 19.1 Å². The van der Waals surface area contributed by atoms with Crippen molar-refractivity contribution in [3.63, 3.8) is 0 Å². The molecule has 2 heteroatoms. The lowest BCUT2D eigenvalue weighted by molar-refractivity contribution is -0.513. The summed E-state index contributed by atoms with van der Waals surface area (Å²) >= 11 is 0. The first-order valence-electron chi connectivity index (χ1n) is 4.66. The van der Waals surface area contributed by atoms with Crippen molar-refractivity contribution in [1.82, 2.24) is 4.90 Å². The van der Waals surface area contributed by atoms with Crippen LogP contribution < -0.4 is 0 Å². The second-order valence-corrected chi connectivity index (χ2v) is 3.10. The molecule has 1 aliphatic heterocycles. The third-order valence-electron chi connectivity index (χ3n) is 2.47. The van der Waals surface area contributed by atoms with Crippen molar-refractivity contribution < 1.29 is 4.58 Å². The summed E-state index contributed by atoms with van der Waals surface area (Å²) in [5, 5.41) is 0. The maximum absolute atomic E-state index is 2.43. The van der Waals surface area contributed by atoms with Crippen LogP contribution >= 0.6 is 0 Å². The Morgan fingerprint density at radius 3 is 2.55 bits per heavy atom. The fourth-order valence-corrected chi connectivity index (χ4v) is 1.64. The number of hydrogen-bond donors (Lipinski definition) is 0. The van der Waals surface area contributed by atoms with Crippen LogP contribution in [0.5, 0.6) is 0 Å². The van der Waals surface area contributed by atoms with Crippen molar-refractivity contribution in [3.8, 4) is 0 Å². The van der Waals surface area contributed by atoms with Crippen LogP contribution in [-0.4, -0.2) is 41.5 Å². The number of hydrogen-bond acceptors (Lipinski definition) is 1. The highest BCUT2D eigenvalue weighted by Gasteiger charge is 2.27. The second kappa shape index (κ2) is 3.74. The van der Waals surface area contributed by atoms with E-state index in [1.54, 1.807) is 0 Å². The van der Waals surface area contributed by atoms with E-state index in [2.05, 4.69) is 36.6 Å². The molecule has 1 heterocycles. The zero-order valence-corrected chi connectivity index (χ0v) is 7.88. The monoisotopic (exact) mass is 155 g/mol. The largest absolute Gasteiger partial charge is 0.264 e. The Hall–Kier alpha value is -0.530. The molecule has 0 amide bonds. The predicted octanol–water partition coefficient (Wildman–Crippen LogP) is 1.16. The Morgan fingerprint density at radius 2 is 2.18 bits per heavy atom. The summed E-state index contributed by atoms with van der Waals surface area (Å²) in [4.78, 5) is 2.43. The van der Waals surface area contributed by atoms with Gasteiger partial charge in [0.2, 0.25) is 6.34 Å². The van der Waals surface area contributed by atoms with Crippen molar-refractivity contribution >= 4 is 6.34 Å². The molecule has 1 unspecified atom stereocenters. The van der Waals surface area contributed by atoms with Gasteiger partial charge < -0.3 is 0 Å². The number of nitrogens with zero attached hydrogens (tertiary/aromatic N) is 2. The zero-order chi connectivity index (χ0) is 8.27. The van der Waals surface area contributed by atoms with Gasteiger partial charge >= 0.3 is 0 Å². The molecule has 2 nitrogen and oxygen atoms in total. The summed E-state index contributed by atoms with van der Waals surface area (Å²) in [6.07, 6.45) is 3.54. The third-order valence-corrected chi connectivity index (χ3v) is 2.47. The first kappa shape index (κ1) is 8.57. The molecule has 0 N–H and O–H groups in total. The highest BCUT2D eigenvalue weighted by molar-refractivity contribution is 5.51. The lowest BCUT2D eigenvalue weighted by Crippen LogP contribution is -2.30. The van der Waals surface area contributed by atoms with Gasteiger partial charge in [-0.1, -0.05) is 6.92 Å². The Bertz CT molecular complexity index is 152. The maximum atomic E-state index is 2.43. The molecule has 1 rings (SSSR count). The molecule has 0 radical (unpaired) electrons. The van der Waals surface area contributed by atoms with Gasteiger partial charge in [-0.2, -0.15) is 0 Å². The Balaban J connectivity index is 2.53. The Labute approximate surface area is 69.5 Å². The van der Waals surface area contributed by atoms with Crippen molar-refractivity contribution in [2.45, 2.75) is 33.2 Å². The molecule has 1 atom stereocenters. The van der Waals surface area contributed by atoms with Crippen LogP contribution in [0.3, 0.4) is 0 Å². The Kier molecular flexibility index (Phi) is 2.92. The highest BCUT2D eigenvalue weighted by Crippen LogP contribution is 2.07. The Morgan fingerprint density at radius 1 is 1.45 bits per heavy atom. The SMILES string of the molecule is CCC1C[N+](CC)=CN1CC. The van der Waals surface area contributed by atoms with E-state index in [1.807, 2.05) is 0 Å². The van der Waals surface area contributed by atoms with E-state index in [9.17, 15) is 0 Å². The third kappa shape index (κ3) is 1.73. The molecule has 0 saturated heterocycles. The first-order valence-corrected chi connectivity index (χ1v) is 4.66. The summed E-state index contributed by atoms with van der Waals surface area (Å²) in [5.74, 6) is 0. The predicted molar refractivity (Wildman–Crippen MR) is 48.2 cm³/mol. The van der Waals surface area contributed by atoms with Gasteiger partial charge in [0.15, 0.2) is 0 Å². The maximum Gasteiger partial charge on any atom is 0.234 e. The van der Waals surface area contributed by atoms with Gasteiger partial charge in [0, 0.05) is 0 Å². The zero-order valence-electron chi connectivity index (χ0n) is 7.88. The minimum atomic E-state index is 0.764. The summed E-state index contributed by atoms with van der Waals surface area (Å²) in [7, 11) is 0. The van der Waals surface area contributed by atoms with E-state index in [0.29, 0.717) is 0 Å². The van der Waals surface area contributed by atoms with Gasteiger partial charge in [0.25, 0.3) is 0 Å². The summed E-state index contributed by atoms with van der Waals surface area (Å²) in [6.45, 7) is 10.2. The van der Waals surface area contributed by atoms with Gasteiger partial charge in [-0.15, -0.1) is 0 Å². The lowest BCUT2D eigenvalue weighted by atomic mass is 10.2. The molecule has 64 valence electrons. The molecule has 1 aliphatic rings. The minimum absolute atomic E-state index is 0.764. The van der Waals surface area contributed by atoms with Gasteiger partial charge in [0.1, 0.15) is 12.6 Å². The van der Waals surface area contributed by atoms with E-state index < -0.39 is 0 Å². The van der Waals surface area contributed by atoms with Crippen LogP contribution in [0.15, 0.2) is 0 Å². The molecule has 0 aromatic rings.